The normalized spacial score (nSPS) is 21.4. The number of hydrogen-bond acceptors (Lipinski definition) is 5. The van der Waals surface area contributed by atoms with Gasteiger partial charge < -0.3 is 20.3 Å². The van der Waals surface area contributed by atoms with Crippen LogP contribution in [0.3, 0.4) is 0 Å². The van der Waals surface area contributed by atoms with Gasteiger partial charge in [0.1, 0.15) is 6.54 Å². The van der Waals surface area contributed by atoms with Crippen molar-refractivity contribution in [2.45, 2.75) is 44.8 Å². The third kappa shape index (κ3) is 8.51. The number of rotatable bonds is 8. The highest BCUT2D eigenvalue weighted by atomic mass is 127. The van der Waals surface area contributed by atoms with Crippen molar-refractivity contribution < 1.29 is 9.53 Å². The molecule has 2 N–H and O–H groups in total. The van der Waals surface area contributed by atoms with Gasteiger partial charge in [0.05, 0.1) is 12.1 Å². The first kappa shape index (κ1) is 26.3. The molecule has 2 aliphatic rings. The Morgan fingerprint density at radius 2 is 2.10 bits per heavy atom. The number of carbonyl (C=O) groups excluding carboxylic acids is 1. The summed E-state index contributed by atoms with van der Waals surface area (Å²) in [6.07, 6.45) is 4.90. The van der Waals surface area contributed by atoms with Gasteiger partial charge in [0.25, 0.3) is 0 Å². The lowest BCUT2D eigenvalue weighted by Crippen LogP contribution is -2.46. The summed E-state index contributed by atoms with van der Waals surface area (Å²) in [6, 6.07) is 4.66. The highest BCUT2D eigenvalue weighted by molar-refractivity contribution is 14.0. The number of thiophene rings is 1. The first-order valence-electron chi connectivity index (χ1n) is 11.1. The number of likely N-dealkylation sites (tertiary alicyclic amines) is 1. The maximum absolute atomic E-state index is 12.0. The third-order valence-electron chi connectivity index (χ3n) is 5.99. The van der Waals surface area contributed by atoms with E-state index in [1.165, 1.54) is 17.7 Å². The SMILES string of the molecule is CC1CCN(C(CNC(=NCC(=O)N(C)C)NCC2CCCO2)c2cccs2)CC1.I. The van der Waals surface area contributed by atoms with E-state index in [4.69, 9.17) is 4.74 Å². The second kappa shape index (κ2) is 13.6. The maximum atomic E-state index is 12.0. The molecule has 3 heterocycles. The average Bonchev–Trinajstić information content (AvgIpc) is 3.44. The molecule has 1 aromatic rings. The molecule has 0 aromatic carbocycles. The Hall–Kier alpha value is -0.910. The van der Waals surface area contributed by atoms with Crippen LogP contribution in [0, 0.1) is 5.92 Å². The second-order valence-corrected chi connectivity index (χ2v) is 9.58. The number of carbonyl (C=O) groups is 1. The molecule has 2 aliphatic heterocycles. The van der Waals surface area contributed by atoms with Gasteiger partial charge in [-0.1, -0.05) is 13.0 Å². The smallest absolute Gasteiger partial charge is 0.243 e. The fraction of sp³-hybridized carbons (Fsp3) is 0.727. The average molecular weight is 564 g/mol. The molecular formula is C22H38IN5O2S. The van der Waals surface area contributed by atoms with Crippen LogP contribution < -0.4 is 10.6 Å². The molecule has 0 aliphatic carbocycles. The van der Waals surface area contributed by atoms with Gasteiger partial charge in [0.2, 0.25) is 5.91 Å². The second-order valence-electron chi connectivity index (χ2n) is 8.60. The number of amides is 1. The first-order chi connectivity index (χ1) is 14.5. The van der Waals surface area contributed by atoms with Crippen molar-refractivity contribution in [3.63, 3.8) is 0 Å². The first-order valence-corrected chi connectivity index (χ1v) is 12.0. The Kier molecular flexibility index (Phi) is 11.6. The minimum absolute atomic E-state index is 0. The highest BCUT2D eigenvalue weighted by Gasteiger charge is 2.26. The summed E-state index contributed by atoms with van der Waals surface area (Å²) in [5.41, 5.74) is 0. The van der Waals surface area contributed by atoms with E-state index < -0.39 is 0 Å². The predicted octanol–water partition coefficient (Wildman–Crippen LogP) is 2.94. The molecule has 2 fully saturated rings. The Labute approximate surface area is 208 Å². The van der Waals surface area contributed by atoms with Crippen LogP contribution in [0.4, 0.5) is 0 Å². The number of guanidine groups is 1. The van der Waals surface area contributed by atoms with E-state index in [0.717, 1.165) is 45.0 Å². The van der Waals surface area contributed by atoms with Crippen molar-refractivity contribution >= 4 is 47.2 Å². The van der Waals surface area contributed by atoms with Crippen LogP contribution in [0.15, 0.2) is 22.5 Å². The van der Waals surface area contributed by atoms with Crippen molar-refractivity contribution in [1.29, 1.82) is 0 Å². The molecule has 0 saturated carbocycles. The van der Waals surface area contributed by atoms with E-state index in [9.17, 15) is 4.79 Å². The molecule has 7 nitrogen and oxygen atoms in total. The minimum Gasteiger partial charge on any atom is -0.376 e. The van der Waals surface area contributed by atoms with Crippen LogP contribution >= 0.6 is 35.3 Å². The zero-order valence-corrected chi connectivity index (χ0v) is 22.2. The fourth-order valence-corrected chi connectivity index (χ4v) is 4.76. The summed E-state index contributed by atoms with van der Waals surface area (Å²) in [7, 11) is 3.52. The van der Waals surface area contributed by atoms with E-state index in [0.29, 0.717) is 18.5 Å². The van der Waals surface area contributed by atoms with Gasteiger partial charge >= 0.3 is 0 Å². The number of likely N-dealkylation sites (N-methyl/N-ethyl adjacent to an activating group) is 1. The molecule has 2 atom stereocenters. The summed E-state index contributed by atoms with van der Waals surface area (Å²) < 4.78 is 5.73. The summed E-state index contributed by atoms with van der Waals surface area (Å²) >= 11 is 1.81. The number of nitrogens with zero attached hydrogens (tertiary/aromatic N) is 3. The molecule has 2 saturated heterocycles. The van der Waals surface area contributed by atoms with Crippen LogP contribution in [0.1, 0.15) is 43.5 Å². The lowest BCUT2D eigenvalue weighted by atomic mass is 9.97. The molecule has 0 spiro atoms. The molecule has 0 bridgehead atoms. The number of hydrogen-bond donors (Lipinski definition) is 2. The van der Waals surface area contributed by atoms with Crippen LogP contribution in [0.25, 0.3) is 0 Å². The zero-order valence-electron chi connectivity index (χ0n) is 19.0. The van der Waals surface area contributed by atoms with Crippen molar-refractivity contribution in [2.24, 2.45) is 10.9 Å². The van der Waals surface area contributed by atoms with Crippen molar-refractivity contribution in [2.75, 3.05) is 53.4 Å². The zero-order chi connectivity index (χ0) is 21.3. The fourth-order valence-electron chi connectivity index (χ4n) is 3.90. The predicted molar refractivity (Wildman–Crippen MR) is 138 cm³/mol. The van der Waals surface area contributed by atoms with Gasteiger partial charge in [-0.25, -0.2) is 4.99 Å². The van der Waals surface area contributed by atoms with Crippen molar-refractivity contribution in [3.8, 4) is 0 Å². The molecule has 9 heteroatoms. The van der Waals surface area contributed by atoms with Gasteiger partial charge in [-0.3, -0.25) is 9.69 Å². The summed E-state index contributed by atoms with van der Waals surface area (Å²) in [6.45, 7) is 7.05. The Bertz CT molecular complexity index is 671. The number of halogens is 1. The number of nitrogens with one attached hydrogen (secondary N) is 2. The Morgan fingerprint density at radius 3 is 2.71 bits per heavy atom. The standard InChI is InChI=1S/C22H37N5O2S.HI/c1-17-8-10-27(11-9-17)19(20-7-5-13-30-20)15-24-22(25-16-21(28)26(2)3)23-14-18-6-4-12-29-18;/h5,7,13,17-19H,4,6,8-12,14-16H2,1-3H3,(H2,23,24,25);1H. The largest absolute Gasteiger partial charge is 0.376 e. The lowest BCUT2D eigenvalue weighted by molar-refractivity contribution is -0.127. The van der Waals surface area contributed by atoms with E-state index in [-0.39, 0.29) is 42.5 Å². The lowest BCUT2D eigenvalue weighted by Gasteiger charge is -2.36. The minimum atomic E-state index is -0.00644. The van der Waals surface area contributed by atoms with Crippen LogP contribution in [-0.4, -0.2) is 81.2 Å². The molecule has 1 amide bonds. The quantitative estimate of drug-likeness (QED) is 0.289. The van der Waals surface area contributed by atoms with Crippen LogP contribution in [-0.2, 0) is 9.53 Å². The monoisotopic (exact) mass is 563 g/mol. The number of piperidine rings is 1. The highest BCUT2D eigenvalue weighted by Crippen LogP contribution is 2.29. The van der Waals surface area contributed by atoms with Crippen LogP contribution in [0.5, 0.6) is 0 Å². The summed E-state index contributed by atoms with van der Waals surface area (Å²) in [5.74, 6) is 1.49. The third-order valence-corrected chi connectivity index (χ3v) is 6.96. The molecule has 1 aromatic heterocycles. The molecule has 31 heavy (non-hydrogen) atoms. The Morgan fingerprint density at radius 1 is 1.32 bits per heavy atom. The van der Waals surface area contributed by atoms with E-state index in [1.807, 2.05) is 11.3 Å². The topological polar surface area (TPSA) is 69.2 Å². The van der Waals surface area contributed by atoms with E-state index in [1.54, 1.807) is 19.0 Å². The molecule has 3 rings (SSSR count). The van der Waals surface area contributed by atoms with Gasteiger partial charge in [0.15, 0.2) is 5.96 Å². The van der Waals surface area contributed by atoms with E-state index in [2.05, 4.69) is 45.0 Å². The number of aliphatic imine (C=N–C) groups is 1. The van der Waals surface area contributed by atoms with Gasteiger partial charge in [-0.05, 0) is 56.1 Å². The van der Waals surface area contributed by atoms with Crippen LogP contribution in [0.2, 0.25) is 0 Å². The summed E-state index contributed by atoms with van der Waals surface area (Å²) in [5, 5.41) is 9.06. The van der Waals surface area contributed by atoms with Gasteiger partial charge in [0, 0.05) is 38.7 Å². The Balaban J connectivity index is 0.00000341. The molecule has 2 unspecified atom stereocenters. The van der Waals surface area contributed by atoms with Crippen molar-refractivity contribution in [1.82, 2.24) is 20.4 Å². The van der Waals surface area contributed by atoms with Gasteiger partial charge in [-0.2, -0.15) is 0 Å². The van der Waals surface area contributed by atoms with Crippen molar-refractivity contribution in [3.05, 3.63) is 22.4 Å². The molecule has 0 radical (unpaired) electrons. The van der Waals surface area contributed by atoms with Gasteiger partial charge in [-0.15, -0.1) is 35.3 Å². The number of ether oxygens (including phenoxy) is 1. The summed E-state index contributed by atoms with van der Waals surface area (Å²) in [4.78, 5) is 22.1. The van der Waals surface area contributed by atoms with E-state index >= 15 is 0 Å². The maximum Gasteiger partial charge on any atom is 0.243 e. The molecule has 176 valence electrons. The molecular weight excluding hydrogens is 525 g/mol.